The molecule has 0 N–H and O–H groups in total. The average molecular weight is 205 g/mol. The highest BCUT2D eigenvalue weighted by molar-refractivity contribution is 7.17. The molecular formula is C8H14O4P+. The van der Waals surface area contributed by atoms with Gasteiger partial charge in [-0.05, 0) is 25.3 Å². The van der Waals surface area contributed by atoms with Gasteiger partial charge in [0.05, 0.1) is 0 Å². The Balaban J connectivity index is 4.07. The lowest BCUT2D eigenvalue weighted by atomic mass is 10.1. The van der Waals surface area contributed by atoms with Crippen LogP contribution in [0.4, 0.5) is 0 Å². The van der Waals surface area contributed by atoms with Gasteiger partial charge in [-0.3, -0.25) is 0 Å². The first-order chi connectivity index (χ1) is 5.89. The molecule has 0 aromatic heterocycles. The van der Waals surface area contributed by atoms with Crippen LogP contribution < -0.4 is 0 Å². The smallest absolute Gasteiger partial charge is 0.454 e. The van der Waals surface area contributed by atoms with E-state index < -0.39 is 20.3 Å². The summed E-state index contributed by atoms with van der Waals surface area (Å²) in [7, 11) is -0.841. The second-order valence-corrected chi connectivity index (χ2v) is 3.76. The number of ether oxygens (including phenoxy) is 1. The van der Waals surface area contributed by atoms with Crippen LogP contribution >= 0.6 is 8.69 Å². The van der Waals surface area contributed by atoms with Crippen molar-refractivity contribution in [3.63, 3.8) is 0 Å². The first-order valence-corrected chi connectivity index (χ1v) is 4.58. The van der Waals surface area contributed by atoms with Crippen LogP contribution in [0.1, 0.15) is 20.8 Å². The molecule has 0 radical (unpaired) electrons. The van der Waals surface area contributed by atoms with E-state index in [9.17, 15) is 9.36 Å². The Morgan fingerprint density at radius 1 is 1.54 bits per heavy atom. The number of hydrogen-bond donors (Lipinski definition) is 0. The SMILES string of the molecule is C=C(C)C(=O)OC(C)(C)CO[PH+]=O. The molecule has 0 spiro atoms. The van der Waals surface area contributed by atoms with Crippen LogP contribution in [0.5, 0.6) is 0 Å². The molecule has 0 aliphatic heterocycles. The third-order valence-corrected chi connectivity index (χ3v) is 1.46. The van der Waals surface area contributed by atoms with E-state index in [1.165, 1.54) is 0 Å². The molecule has 0 aromatic rings. The van der Waals surface area contributed by atoms with Crippen molar-refractivity contribution < 1.29 is 18.6 Å². The Hall–Kier alpha value is -0.730. The predicted octanol–water partition coefficient (Wildman–Crippen LogP) is 1.84. The summed E-state index contributed by atoms with van der Waals surface area (Å²) in [5.74, 6) is -0.470. The first kappa shape index (κ1) is 12.3. The minimum atomic E-state index is -0.841. The topological polar surface area (TPSA) is 52.6 Å². The van der Waals surface area contributed by atoms with Crippen molar-refractivity contribution in [3.8, 4) is 0 Å². The number of carbonyl (C=O) groups excluding carboxylic acids is 1. The van der Waals surface area contributed by atoms with Gasteiger partial charge < -0.3 is 4.74 Å². The minimum Gasteiger partial charge on any atom is -0.454 e. The summed E-state index contributed by atoms with van der Waals surface area (Å²) in [6.07, 6.45) is 0. The van der Waals surface area contributed by atoms with E-state index in [0.717, 1.165) is 0 Å². The maximum Gasteiger partial charge on any atom is 0.494 e. The van der Waals surface area contributed by atoms with Gasteiger partial charge in [0.2, 0.25) is 0 Å². The van der Waals surface area contributed by atoms with Crippen molar-refractivity contribution in [2.24, 2.45) is 0 Å². The van der Waals surface area contributed by atoms with Crippen LogP contribution in [0.25, 0.3) is 0 Å². The second-order valence-electron chi connectivity index (χ2n) is 3.30. The van der Waals surface area contributed by atoms with Crippen molar-refractivity contribution in [2.45, 2.75) is 26.4 Å². The number of rotatable bonds is 5. The highest BCUT2D eigenvalue weighted by Crippen LogP contribution is 2.14. The molecule has 0 amide bonds. The monoisotopic (exact) mass is 205 g/mol. The van der Waals surface area contributed by atoms with Crippen molar-refractivity contribution in [2.75, 3.05) is 6.61 Å². The van der Waals surface area contributed by atoms with E-state index in [1.54, 1.807) is 20.8 Å². The lowest BCUT2D eigenvalue weighted by Gasteiger charge is -2.21. The van der Waals surface area contributed by atoms with E-state index in [0.29, 0.717) is 5.57 Å². The Morgan fingerprint density at radius 2 is 2.08 bits per heavy atom. The second kappa shape index (κ2) is 5.10. The van der Waals surface area contributed by atoms with Crippen molar-refractivity contribution in [1.29, 1.82) is 0 Å². The molecule has 1 unspecified atom stereocenters. The van der Waals surface area contributed by atoms with Crippen LogP contribution in [0.15, 0.2) is 12.2 Å². The van der Waals surface area contributed by atoms with Crippen LogP contribution in [-0.4, -0.2) is 18.2 Å². The molecule has 5 heteroatoms. The first-order valence-electron chi connectivity index (χ1n) is 3.77. The van der Waals surface area contributed by atoms with Crippen LogP contribution in [0.2, 0.25) is 0 Å². The van der Waals surface area contributed by atoms with Gasteiger partial charge in [0.15, 0.2) is 0 Å². The summed E-state index contributed by atoms with van der Waals surface area (Å²) < 4.78 is 19.7. The van der Waals surface area contributed by atoms with Crippen molar-refractivity contribution >= 4 is 14.7 Å². The number of carbonyl (C=O) groups is 1. The van der Waals surface area contributed by atoms with E-state index in [2.05, 4.69) is 11.1 Å². The Morgan fingerprint density at radius 3 is 2.46 bits per heavy atom. The Bertz CT molecular complexity index is 222. The number of hydrogen-bond acceptors (Lipinski definition) is 4. The highest BCUT2D eigenvalue weighted by atomic mass is 31.1. The molecule has 0 rings (SSSR count). The molecule has 0 saturated heterocycles. The maximum absolute atomic E-state index is 11.1. The lowest BCUT2D eigenvalue weighted by Crippen LogP contribution is -2.32. The summed E-state index contributed by atoms with van der Waals surface area (Å²) in [5.41, 5.74) is -0.439. The van der Waals surface area contributed by atoms with Gasteiger partial charge in [-0.25, -0.2) is 4.79 Å². The molecule has 0 aliphatic carbocycles. The van der Waals surface area contributed by atoms with E-state index in [4.69, 9.17) is 4.74 Å². The van der Waals surface area contributed by atoms with Crippen molar-refractivity contribution in [1.82, 2.24) is 0 Å². The molecule has 0 bridgehead atoms. The largest absolute Gasteiger partial charge is 0.494 e. The predicted molar refractivity (Wildman–Crippen MR) is 49.9 cm³/mol. The molecule has 0 aliphatic rings. The van der Waals surface area contributed by atoms with Gasteiger partial charge in [0, 0.05) is 5.57 Å². The fourth-order valence-corrected chi connectivity index (χ4v) is 0.977. The number of esters is 1. The summed E-state index contributed by atoms with van der Waals surface area (Å²) in [5, 5.41) is 0. The Kier molecular flexibility index (Phi) is 4.81. The van der Waals surface area contributed by atoms with Gasteiger partial charge in [-0.1, -0.05) is 6.58 Å². The third kappa shape index (κ3) is 5.50. The van der Waals surface area contributed by atoms with Gasteiger partial charge in [-0.15, -0.1) is 4.52 Å². The zero-order valence-corrected chi connectivity index (χ0v) is 9.05. The maximum atomic E-state index is 11.1. The highest BCUT2D eigenvalue weighted by Gasteiger charge is 2.25. The molecule has 0 fully saturated rings. The fraction of sp³-hybridized carbons (Fsp3) is 0.625. The molecule has 74 valence electrons. The summed E-state index contributed by atoms with van der Waals surface area (Å²) >= 11 is 0. The van der Waals surface area contributed by atoms with Gasteiger partial charge >= 0.3 is 14.7 Å². The zero-order valence-electron chi connectivity index (χ0n) is 8.05. The summed E-state index contributed by atoms with van der Waals surface area (Å²) in [6.45, 7) is 8.46. The standard InChI is InChI=1S/C8H14O4P/c1-6(2)7(9)12-8(3,4)5-11-13-10/h13H,1,5H2,2-4H3/q+1. The Labute approximate surface area is 79.2 Å². The van der Waals surface area contributed by atoms with E-state index >= 15 is 0 Å². The van der Waals surface area contributed by atoms with Gasteiger partial charge in [0.1, 0.15) is 12.2 Å². The third-order valence-electron chi connectivity index (χ3n) is 1.20. The zero-order chi connectivity index (χ0) is 10.5. The molecule has 1 atom stereocenters. The minimum absolute atomic E-state index is 0.105. The van der Waals surface area contributed by atoms with Crippen molar-refractivity contribution in [3.05, 3.63) is 12.2 Å². The summed E-state index contributed by atoms with van der Waals surface area (Å²) in [6, 6.07) is 0. The van der Waals surface area contributed by atoms with Crippen LogP contribution in [0.3, 0.4) is 0 Å². The van der Waals surface area contributed by atoms with Gasteiger partial charge in [0.25, 0.3) is 0 Å². The molecule has 0 aromatic carbocycles. The normalized spacial score (nSPS) is 11.3. The van der Waals surface area contributed by atoms with Gasteiger partial charge in [-0.2, -0.15) is 0 Å². The quantitative estimate of drug-likeness (QED) is 0.390. The fourth-order valence-electron chi connectivity index (χ4n) is 0.571. The average Bonchev–Trinajstić information content (AvgIpc) is 2.00. The van der Waals surface area contributed by atoms with Crippen LogP contribution in [0, 0.1) is 0 Å². The lowest BCUT2D eigenvalue weighted by molar-refractivity contribution is -0.153. The molecule has 4 nitrogen and oxygen atoms in total. The molecule has 0 heterocycles. The van der Waals surface area contributed by atoms with E-state index in [1.807, 2.05) is 0 Å². The molecular weight excluding hydrogens is 191 g/mol. The molecule has 0 saturated carbocycles. The summed E-state index contributed by atoms with van der Waals surface area (Å²) in [4.78, 5) is 11.1. The van der Waals surface area contributed by atoms with Crippen LogP contribution in [-0.2, 0) is 18.6 Å². The molecule has 13 heavy (non-hydrogen) atoms. The van der Waals surface area contributed by atoms with E-state index in [-0.39, 0.29) is 6.61 Å².